The average Bonchev–Trinajstić information content (AvgIpc) is 3.12. The lowest BCUT2D eigenvalue weighted by atomic mass is 9.98. The van der Waals surface area contributed by atoms with Crippen LogP contribution in [0.4, 0.5) is 4.39 Å². The molecule has 1 saturated heterocycles. The highest BCUT2D eigenvalue weighted by Crippen LogP contribution is 2.33. The molecule has 10 heteroatoms. The number of carbonyl (C=O) groups is 1. The number of benzene rings is 1. The van der Waals surface area contributed by atoms with Crippen LogP contribution in [0.25, 0.3) is 0 Å². The average molecular weight is 486 g/mol. The molecule has 2 N–H and O–H groups in total. The number of aromatic nitrogens is 3. The van der Waals surface area contributed by atoms with Crippen molar-refractivity contribution < 1.29 is 23.8 Å². The largest absolute Gasteiger partial charge is 0.492 e. The number of aromatic amines is 1. The maximum absolute atomic E-state index is 14.7. The van der Waals surface area contributed by atoms with Gasteiger partial charge in [-0.3, -0.25) is 0 Å². The number of nitrogens with zero attached hydrogens (tertiary/aromatic N) is 3. The number of piperidine rings is 1. The zero-order chi connectivity index (χ0) is 19.4. The summed E-state index contributed by atoms with van der Waals surface area (Å²) in [5, 5.41) is 18.1. The molecule has 1 fully saturated rings. The molecule has 3 rings (SSSR count). The molecule has 0 bridgehead atoms. The summed E-state index contributed by atoms with van der Waals surface area (Å²) in [7, 11) is 1.33. The standard InChI is InChI=1S/C17H16FIN4O4/c1-26-15-11(3-2-10-6-8-23(19)9-7-10)4-5-12(13(15)18)27-16-14(17(24)25)20-22-21-16/h4-5,10H,6-9H2,1H3,(H,24,25)(H,20,21,22). The van der Waals surface area contributed by atoms with Gasteiger partial charge < -0.3 is 14.6 Å². The Morgan fingerprint density at radius 2 is 2.19 bits per heavy atom. The molecule has 0 atom stereocenters. The molecule has 0 spiro atoms. The van der Waals surface area contributed by atoms with Crippen molar-refractivity contribution in [3.63, 3.8) is 0 Å². The highest BCUT2D eigenvalue weighted by atomic mass is 127. The second kappa shape index (κ2) is 8.53. The van der Waals surface area contributed by atoms with E-state index in [2.05, 4.69) is 53.2 Å². The molecule has 1 aliphatic rings. The second-order valence-electron chi connectivity index (χ2n) is 5.81. The topological polar surface area (TPSA) is 101 Å². The molecule has 142 valence electrons. The summed E-state index contributed by atoms with van der Waals surface area (Å²) in [5.41, 5.74) is 0.0247. The number of hydrogen-bond acceptors (Lipinski definition) is 6. The third-order valence-electron chi connectivity index (χ3n) is 4.05. The first-order valence-corrected chi connectivity index (χ1v) is 9.07. The quantitative estimate of drug-likeness (QED) is 0.390. The van der Waals surface area contributed by atoms with Gasteiger partial charge in [-0.2, -0.15) is 4.39 Å². The molecule has 0 saturated carbocycles. The van der Waals surface area contributed by atoms with Gasteiger partial charge in [0.1, 0.15) is 0 Å². The minimum absolute atomic E-state index is 0.0632. The normalized spacial score (nSPS) is 15.1. The minimum Gasteiger partial charge on any atom is -0.492 e. The zero-order valence-electron chi connectivity index (χ0n) is 14.3. The smallest absolute Gasteiger partial charge is 0.359 e. The number of H-pyrrole nitrogens is 1. The summed E-state index contributed by atoms with van der Waals surface area (Å²) in [6, 6.07) is 2.92. The molecule has 0 radical (unpaired) electrons. The Morgan fingerprint density at radius 3 is 2.85 bits per heavy atom. The van der Waals surface area contributed by atoms with Gasteiger partial charge in [-0.1, -0.05) is 22.2 Å². The minimum atomic E-state index is -1.32. The number of carboxylic acids is 1. The first-order chi connectivity index (χ1) is 13.0. The number of methoxy groups -OCH3 is 1. The summed E-state index contributed by atoms with van der Waals surface area (Å²) in [5.74, 6) is 3.68. The molecule has 1 aromatic carbocycles. The van der Waals surface area contributed by atoms with Crippen LogP contribution < -0.4 is 9.47 Å². The summed E-state index contributed by atoms with van der Waals surface area (Å²) < 4.78 is 27.4. The van der Waals surface area contributed by atoms with Crippen molar-refractivity contribution in [1.29, 1.82) is 0 Å². The molecule has 1 aromatic heterocycles. The lowest BCUT2D eigenvalue weighted by Gasteiger charge is -2.23. The van der Waals surface area contributed by atoms with Gasteiger partial charge in [-0.15, -0.1) is 0 Å². The van der Waals surface area contributed by atoms with E-state index in [1.807, 2.05) is 0 Å². The van der Waals surface area contributed by atoms with E-state index in [1.165, 1.54) is 13.2 Å². The van der Waals surface area contributed by atoms with E-state index < -0.39 is 11.8 Å². The van der Waals surface area contributed by atoms with Crippen LogP contribution in [0.15, 0.2) is 12.1 Å². The molecule has 0 amide bonds. The van der Waals surface area contributed by atoms with Gasteiger partial charge in [0.2, 0.25) is 11.5 Å². The first kappa shape index (κ1) is 19.4. The number of rotatable bonds is 4. The van der Waals surface area contributed by atoms with Crippen LogP contribution in [0.5, 0.6) is 17.4 Å². The monoisotopic (exact) mass is 486 g/mol. The highest BCUT2D eigenvalue weighted by Gasteiger charge is 2.21. The summed E-state index contributed by atoms with van der Waals surface area (Å²) in [6.45, 7) is 1.95. The van der Waals surface area contributed by atoms with Crippen molar-refractivity contribution in [2.24, 2.45) is 5.92 Å². The van der Waals surface area contributed by atoms with Gasteiger partial charge >= 0.3 is 5.97 Å². The van der Waals surface area contributed by atoms with Crippen molar-refractivity contribution >= 4 is 28.8 Å². The Bertz CT molecular complexity index is 900. The summed E-state index contributed by atoms with van der Waals surface area (Å²) >= 11 is 2.29. The van der Waals surface area contributed by atoms with E-state index in [0.717, 1.165) is 25.9 Å². The Hall–Kier alpha value is -2.39. The number of nitrogens with one attached hydrogen (secondary N) is 1. The third-order valence-corrected chi connectivity index (χ3v) is 5.02. The number of ether oxygens (including phenoxy) is 2. The van der Waals surface area contributed by atoms with Gasteiger partial charge in [0, 0.05) is 41.9 Å². The van der Waals surface area contributed by atoms with Crippen LogP contribution >= 0.6 is 22.9 Å². The van der Waals surface area contributed by atoms with Gasteiger partial charge in [-0.05, 0) is 25.0 Å². The Kier molecular flexibility index (Phi) is 6.12. The van der Waals surface area contributed by atoms with Crippen LogP contribution in [0.3, 0.4) is 0 Å². The Labute approximate surface area is 168 Å². The predicted octanol–water partition coefficient (Wildman–Crippen LogP) is 2.86. The Morgan fingerprint density at radius 1 is 1.44 bits per heavy atom. The molecule has 8 nitrogen and oxygen atoms in total. The number of carboxylic acid groups (broad SMARTS) is 1. The van der Waals surface area contributed by atoms with Crippen molar-refractivity contribution in [3.8, 4) is 29.2 Å². The van der Waals surface area contributed by atoms with E-state index in [4.69, 9.17) is 14.6 Å². The lowest BCUT2D eigenvalue weighted by molar-refractivity contribution is 0.0687. The van der Waals surface area contributed by atoms with Crippen LogP contribution in [-0.4, -0.2) is 49.8 Å². The molecular formula is C17H16FIN4O4. The van der Waals surface area contributed by atoms with Crippen LogP contribution in [0, 0.1) is 23.6 Å². The number of hydrogen-bond donors (Lipinski definition) is 2. The maximum Gasteiger partial charge on any atom is 0.359 e. The zero-order valence-corrected chi connectivity index (χ0v) is 16.5. The first-order valence-electron chi connectivity index (χ1n) is 8.10. The van der Waals surface area contributed by atoms with Crippen molar-refractivity contribution in [1.82, 2.24) is 18.5 Å². The summed E-state index contributed by atoms with van der Waals surface area (Å²) in [4.78, 5) is 11.1. The van der Waals surface area contributed by atoms with E-state index in [-0.39, 0.29) is 29.0 Å². The van der Waals surface area contributed by atoms with E-state index in [9.17, 15) is 9.18 Å². The van der Waals surface area contributed by atoms with E-state index in [1.54, 1.807) is 6.07 Å². The fourth-order valence-corrected chi connectivity index (χ4v) is 3.18. The lowest BCUT2D eigenvalue weighted by Crippen LogP contribution is -2.24. The van der Waals surface area contributed by atoms with Crippen molar-refractivity contribution in [3.05, 3.63) is 29.2 Å². The fourth-order valence-electron chi connectivity index (χ4n) is 2.62. The molecule has 27 heavy (non-hydrogen) atoms. The highest BCUT2D eigenvalue weighted by molar-refractivity contribution is 14.1. The SMILES string of the molecule is COc1c(C#CC2CCN(I)CC2)ccc(Oc2nn[nH]c2C(=O)O)c1F. The van der Waals surface area contributed by atoms with Gasteiger partial charge in [0.25, 0.3) is 5.88 Å². The third kappa shape index (κ3) is 4.48. The molecule has 2 aromatic rings. The fraction of sp³-hybridized carbons (Fsp3) is 0.353. The summed E-state index contributed by atoms with van der Waals surface area (Å²) in [6.07, 6.45) is 1.93. The molecule has 2 heterocycles. The van der Waals surface area contributed by atoms with Crippen molar-refractivity contribution in [2.45, 2.75) is 12.8 Å². The van der Waals surface area contributed by atoms with Gasteiger partial charge in [-0.25, -0.2) is 13.0 Å². The molecule has 0 unspecified atom stereocenters. The van der Waals surface area contributed by atoms with E-state index >= 15 is 0 Å². The molecule has 0 aliphatic carbocycles. The van der Waals surface area contributed by atoms with Crippen LogP contribution in [-0.2, 0) is 0 Å². The number of halogens is 2. The second-order valence-corrected chi connectivity index (χ2v) is 7.18. The maximum atomic E-state index is 14.7. The number of aromatic carboxylic acids is 1. The molecular weight excluding hydrogens is 470 g/mol. The Balaban J connectivity index is 1.83. The predicted molar refractivity (Wildman–Crippen MR) is 102 cm³/mol. The van der Waals surface area contributed by atoms with Gasteiger partial charge in [0.15, 0.2) is 11.5 Å². The van der Waals surface area contributed by atoms with Crippen LogP contribution in [0.2, 0.25) is 0 Å². The van der Waals surface area contributed by atoms with Crippen LogP contribution in [0.1, 0.15) is 28.9 Å². The molecule has 1 aliphatic heterocycles. The van der Waals surface area contributed by atoms with Gasteiger partial charge in [0.05, 0.1) is 12.7 Å². The van der Waals surface area contributed by atoms with Crippen molar-refractivity contribution in [2.75, 3.05) is 20.2 Å². The van der Waals surface area contributed by atoms with E-state index in [0.29, 0.717) is 5.56 Å².